The van der Waals surface area contributed by atoms with Gasteiger partial charge in [-0.1, -0.05) is 25.3 Å². The molecule has 1 radical (unpaired) electrons. The molecule has 5 heteroatoms. The summed E-state index contributed by atoms with van der Waals surface area (Å²) < 4.78 is 11.6. The van der Waals surface area contributed by atoms with Gasteiger partial charge >= 0.3 is 0 Å². The van der Waals surface area contributed by atoms with Crippen molar-refractivity contribution in [3.63, 3.8) is 0 Å². The quantitative estimate of drug-likeness (QED) is 0.600. The first-order valence-electron chi connectivity index (χ1n) is 6.69. The fourth-order valence-corrected chi connectivity index (χ4v) is 2.55. The number of nitrogens with zero attached hydrogens (tertiary/aromatic N) is 1. The Hall–Kier alpha value is -0.497. The van der Waals surface area contributed by atoms with Crippen LogP contribution in [0.15, 0.2) is 16.5 Å². The molecule has 1 atom stereocenters. The van der Waals surface area contributed by atoms with Crippen LogP contribution in [-0.2, 0) is 46.0 Å². The van der Waals surface area contributed by atoms with Crippen LogP contribution in [0.5, 0.6) is 5.75 Å². The number of ether oxygens (including phenoxy) is 1. The summed E-state index contributed by atoms with van der Waals surface area (Å²) in [5.41, 5.74) is 4.07. The summed E-state index contributed by atoms with van der Waals surface area (Å²) >= 11 is 0. The zero-order valence-corrected chi connectivity index (χ0v) is 17.0. The second-order valence-corrected chi connectivity index (χ2v) is 5.53. The van der Waals surface area contributed by atoms with Crippen LogP contribution in [0.1, 0.15) is 37.1 Å². The van der Waals surface area contributed by atoms with Crippen LogP contribution in [0.25, 0.3) is 11.5 Å². The number of aryl methyl sites for hydroxylation is 2. The Balaban J connectivity index is 0.00000110. The van der Waals surface area contributed by atoms with Crippen molar-refractivity contribution < 1.29 is 48.8 Å². The minimum atomic E-state index is -0.117. The number of hydrogen-bond donors (Lipinski definition) is 0. The molecule has 1 aromatic carbocycles. The second kappa shape index (κ2) is 6.73. The number of fused-ring (bicyclic) bond motifs is 1. The molecule has 3 rings (SSSR count). The van der Waals surface area contributed by atoms with Gasteiger partial charge in [-0.05, 0) is 49.6 Å². The minimum Gasteiger partial charge on any atom is -0.627 e. The molecule has 0 spiro atoms. The van der Waals surface area contributed by atoms with E-state index in [4.69, 9.17) is 9.15 Å². The maximum Gasteiger partial charge on any atom is 0.125 e. The van der Waals surface area contributed by atoms with Gasteiger partial charge in [0.2, 0.25) is 0 Å². The monoisotopic (exact) mass is 491 g/mol. The van der Waals surface area contributed by atoms with Crippen molar-refractivity contribution in [2.45, 2.75) is 46.1 Å². The van der Waals surface area contributed by atoms with Crippen LogP contribution in [0, 0.1) is 20.1 Å². The van der Waals surface area contributed by atoms with E-state index in [1.165, 1.54) is 11.1 Å². The Morgan fingerprint density at radius 1 is 1.33 bits per heavy atom. The Morgan fingerprint density at radius 3 is 2.62 bits per heavy atom. The van der Waals surface area contributed by atoms with E-state index in [2.05, 4.69) is 44.2 Å². The van der Waals surface area contributed by atoms with E-state index in [-0.39, 0.29) is 45.2 Å². The summed E-state index contributed by atoms with van der Waals surface area (Å²) in [6.45, 7) is 8.28. The Bertz CT molecular complexity index is 641. The molecular formula is C16H18NO2VW-. The van der Waals surface area contributed by atoms with Crippen molar-refractivity contribution in [1.82, 2.24) is 4.98 Å². The summed E-state index contributed by atoms with van der Waals surface area (Å²) in [4.78, 5) is 4.38. The molecule has 21 heavy (non-hydrogen) atoms. The van der Waals surface area contributed by atoms with Crippen LogP contribution in [0.2, 0.25) is 0 Å². The van der Waals surface area contributed by atoms with Crippen molar-refractivity contribution in [2.75, 3.05) is 0 Å². The molecule has 2 aromatic rings. The summed E-state index contributed by atoms with van der Waals surface area (Å²) in [6.07, 6.45) is 4.66. The van der Waals surface area contributed by atoms with Crippen molar-refractivity contribution in [3.8, 4) is 17.2 Å². The SMILES string of the molecule is CCC1(C)Cc2c(-c3nc(C)[c-]o3)ccc(C)c2O1.[V].[W]. The van der Waals surface area contributed by atoms with Gasteiger partial charge in [0.25, 0.3) is 0 Å². The van der Waals surface area contributed by atoms with Crippen molar-refractivity contribution in [1.29, 1.82) is 0 Å². The standard InChI is InChI=1S/C16H18NO2.V.W/c1-5-16(4)8-13-12(15-17-11(3)9-18-15)7-6-10(2)14(13)19-16;;/h6-7H,5,8H2,1-4H3;;/q-1;;. The molecule has 0 fully saturated rings. The molecule has 2 heterocycles. The van der Waals surface area contributed by atoms with Crippen molar-refractivity contribution in [2.24, 2.45) is 0 Å². The molecular weight excluding hydrogens is 473 g/mol. The largest absolute Gasteiger partial charge is 0.627 e. The molecule has 1 unspecified atom stereocenters. The molecule has 1 aromatic heterocycles. The third kappa shape index (κ3) is 3.31. The predicted molar refractivity (Wildman–Crippen MR) is 73.3 cm³/mol. The van der Waals surface area contributed by atoms with Crippen LogP contribution in [0.4, 0.5) is 0 Å². The number of benzene rings is 1. The smallest absolute Gasteiger partial charge is 0.125 e. The molecule has 1 aliphatic rings. The molecule has 0 saturated heterocycles. The molecule has 111 valence electrons. The molecule has 3 nitrogen and oxygen atoms in total. The molecule has 0 aliphatic carbocycles. The first-order valence-corrected chi connectivity index (χ1v) is 6.69. The molecule has 1 aliphatic heterocycles. The van der Waals surface area contributed by atoms with Crippen LogP contribution in [-0.4, -0.2) is 10.6 Å². The van der Waals surface area contributed by atoms with Crippen LogP contribution < -0.4 is 4.74 Å². The summed E-state index contributed by atoms with van der Waals surface area (Å²) in [7, 11) is 0. The third-order valence-corrected chi connectivity index (χ3v) is 3.90. The predicted octanol–water partition coefficient (Wildman–Crippen LogP) is 3.86. The topological polar surface area (TPSA) is 35.3 Å². The van der Waals surface area contributed by atoms with Crippen LogP contribution in [0.3, 0.4) is 0 Å². The zero-order valence-electron chi connectivity index (χ0n) is 12.7. The van der Waals surface area contributed by atoms with Gasteiger partial charge in [-0.3, -0.25) is 0 Å². The summed E-state index contributed by atoms with van der Waals surface area (Å²) in [5, 5.41) is 0. The van der Waals surface area contributed by atoms with Gasteiger partial charge in [0, 0.05) is 46.0 Å². The number of rotatable bonds is 2. The second-order valence-electron chi connectivity index (χ2n) is 5.53. The minimum absolute atomic E-state index is 0. The van der Waals surface area contributed by atoms with E-state index in [0.29, 0.717) is 5.89 Å². The average Bonchev–Trinajstić information content (AvgIpc) is 2.95. The maximum absolute atomic E-state index is 6.16. The fraction of sp³-hybridized carbons (Fsp3) is 0.438. The first kappa shape index (κ1) is 18.6. The molecule has 0 saturated carbocycles. The van der Waals surface area contributed by atoms with Crippen molar-refractivity contribution >= 4 is 0 Å². The fourth-order valence-electron chi connectivity index (χ4n) is 2.55. The normalized spacial score (nSPS) is 19.2. The van der Waals surface area contributed by atoms with Gasteiger partial charge in [-0.25, -0.2) is 0 Å². The van der Waals surface area contributed by atoms with Gasteiger partial charge in [-0.2, -0.15) is 0 Å². The van der Waals surface area contributed by atoms with E-state index in [0.717, 1.165) is 29.8 Å². The van der Waals surface area contributed by atoms with Gasteiger partial charge in [0.05, 0.1) is 5.89 Å². The molecule has 0 bridgehead atoms. The van der Waals surface area contributed by atoms with E-state index < -0.39 is 0 Å². The van der Waals surface area contributed by atoms with E-state index in [1.807, 2.05) is 6.92 Å². The summed E-state index contributed by atoms with van der Waals surface area (Å²) in [6, 6.07) is 4.13. The number of hydrogen-bond acceptors (Lipinski definition) is 3. The zero-order chi connectivity index (χ0) is 13.6. The number of aromatic nitrogens is 1. The Kier molecular flexibility index (Phi) is 5.94. The average molecular weight is 491 g/mol. The Labute approximate surface area is 152 Å². The Morgan fingerprint density at radius 2 is 2.05 bits per heavy atom. The summed E-state index contributed by atoms with van der Waals surface area (Å²) in [5.74, 6) is 1.63. The van der Waals surface area contributed by atoms with Gasteiger partial charge in [0.15, 0.2) is 0 Å². The van der Waals surface area contributed by atoms with Gasteiger partial charge in [0.1, 0.15) is 11.4 Å². The van der Waals surface area contributed by atoms with E-state index >= 15 is 0 Å². The third-order valence-electron chi connectivity index (χ3n) is 3.90. The first-order chi connectivity index (χ1) is 9.02. The maximum atomic E-state index is 6.16. The van der Waals surface area contributed by atoms with Gasteiger partial charge < -0.3 is 14.1 Å². The van der Waals surface area contributed by atoms with E-state index in [1.54, 1.807) is 0 Å². The van der Waals surface area contributed by atoms with Crippen LogP contribution >= 0.6 is 0 Å². The van der Waals surface area contributed by atoms with Crippen molar-refractivity contribution in [3.05, 3.63) is 35.2 Å². The molecule has 0 amide bonds. The number of oxazole rings is 1. The van der Waals surface area contributed by atoms with Gasteiger partial charge in [-0.15, -0.1) is 0 Å². The molecule has 0 N–H and O–H groups in total. The van der Waals surface area contributed by atoms with E-state index in [9.17, 15) is 0 Å².